The predicted octanol–water partition coefficient (Wildman–Crippen LogP) is 4.77. The van der Waals surface area contributed by atoms with E-state index in [-0.39, 0.29) is 35.6 Å². The van der Waals surface area contributed by atoms with Crippen LogP contribution in [0.5, 0.6) is 0 Å². The minimum atomic E-state index is -0.868. The van der Waals surface area contributed by atoms with Crippen molar-refractivity contribution in [3.63, 3.8) is 0 Å². The molecule has 0 spiro atoms. The van der Waals surface area contributed by atoms with Crippen LogP contribution in [0.4, 0.5) is 0 Å². The first-order valence-corrected chi connectivity index (χ1v) is 16.1. The van der Waals surface area contributed by atoms with Gasteiger partial charge in [-0.05, 0) is 0 Å². The van der Waals surface area contributed by atoms with Crippen LogP contribution in [0.2, 0.25) is 0 Å². The second-order valence-electron chi connectivity index (χ2n) is 13.1. The summed E-state index contributed by atoms with van der Waals surface area (Å²) in [5.74, 6) is 0. The van der Waals surface area contributed by atoms with Gasteiger partial charge < -0.3 is 24.8 Å². The third kappa shape index (κ3) is 5.88. The zero-order valence-electron chi connectivity index (χ0n) is 25.5. The molecule has 0 aromatic rings. The van der Waals surface area contributed by atoms with E-state index in [1.165, 1.54) is 38.5 Å². The van der Waals surface area contributed by atoms with Crippen LogP contribution in [0.1, 0.15) is 135 Å². The van der Waals surface area contributed by atoms with E-state index in [0.29, 0.717) is 10.8 Å². The molecule has 35 heavy (non-hydrogen) atoms. The minimum Gasteiger partial charge on any atom is -1.00 e. The van der Waals surface area contributed by atoms with Crippen molar-refractivity contribution in [1.29, 1.82) is 0 Å². The topological polar surface area (TPSA) is 0 Å². The molecule has 0 nitrogen and oxygen atoms in total. The number of hydrogen-bond donors (Lipinski definition) is 0. The first kappa shape index (κ1) is 35.4. The molecule has 2 aliphatic carbocycles. The Bertz CT molecular complexity index is 815. The van der Waals surface area contributed by atoms with E-state index >= 15 is 0 Å². The maximum Gasteiger partial charge on any atom is -1.00 e. The molecule has 0 aromatic carbocycles. The Balaban J connectivity index is 0.00000578. The molecule has 0 unspecified atom stereocenters. The number of rotatable bonds is 8. The number of hydrogen-bond acceptors (Lipinski definition) is 0. The van der Waals surface area contributed by atoms with Gasteiger partial charge in [0, 0.05) is 0 Å². The van der Waals surface area contributed by atoms with Gasteiger partial charge >= 0.3 is 220 Å². The molecule has 0 aliphatic heterocycles. The van der Waals surface area contributed by atoms with Crippen molar-refractivity contribution in [1.82, 2.24) is 0 Å². The molecule has 0 saturated carbocycles. The second-order valence-corrected chi connectivity index (χ2v) is 16.7. The fourth-order valence-electron chi connectivity index (χ4n) is 7.62. The summed E-state index contributed by atoms with van der Waals surface area (Å²) in [5, 5.41) is 0. The molecule has 0 atom stereocenters. The van der Waals surface area contributed by atoms with Crippen LogP contribution in [0, 0.1) is 21.7 Å². The van der Waals surface area contributed by atoms with Crippen LogP contribution >= 0.6 is 0 Å². The zero-order chi connectivity index (χ0) is 25.6. The maximum atomic E-state index is 2.49. The smallest absolute Gasteiger partial charge is 1.00 e. The molecule has 2 aliphatic rings. The monoisotopic (exact) mass is 598 g/mol. The zero-order valence-corrected chi connectivity index (χ0v) is 29.5. The number of allylic oxidation sites excluding steroid dienone is 8. The van der Waals surface area contributed by atoms with Crippen LogP contribution in [0.25, 0.3) is 0 Å². The largest absolute Gasteiger partial charge is 1.00 e. The maximum absolute atomic E-state index is 2.49. The minimum absolute atomic E-state index is 0. The quantitative estimate of drug-likeness (QED) is 0.377. The average molecular weight is 601 g/mol. The summed E-state index contributed by atoms with van der Waals surface area (Å²) in [7, 11) is 0. The summed E-state index contributed by atoms with van der Waals surface area (Å²) in [6, 6.07) is 0. The Morgan fingerprint density at radius 3 is 1.00 bits per heavy atom. The van der Waals surface area contributed by atoms with Crippen molar-refractivity contribution in [2.75, 3.05) is 0 Å². The van der Waals surface area contributed by atoms with Gasteiger partial charge in [0.15, 0.2) is 0 Å². The van der Waals surface area contributed by atoms with E-state index in [2.05, 4.69) is 96.9 Å². The van der Waals surface area contributed by atoms with Gasteiger partial charge in [0.2, 0.25) is 0 Å². The first-order chi connectivity index (χ1) is 15.1. The molecule has 0 heterocycles. The molecule has 0 saturated heterocycles. The molecular weight excluding hydrogens is 546 g/mol. The molecule has 3 heteroatoms. The van der Waals surface area contributed by atoms with Crippen molar-refractivity contribution in [2.24, 2.45) is 21.7 Å². The Hall–Kier alpha value is 0.423. The summed E-state index contributed by atoms with van der Waals surface area (Å²) < 4.78 is 3.80. The molecule has 0 bridgehead atoms. The first-order valence-electron chi connectivity index (χ1n) is 13.7. The van der Waals surface area contributed by atoms with Crippen molar-refractivity contribution >= 4 is 0 Å². The summed E-state index contributed by atoms with van der Waals surface area (Å²) in [5.41, 5.74) is 11.3. The summed E-state index contributed by atoms with van der Waals surface area (Å²) in [4.78, 5) is 0. The Morgan fingerprint density at radius 1 is 0.543 bits per heavy atom. The van der Waals surface area contributed by atoms with Crippen LogP contribution in [0.3, 0.4) is 0 Å². The van der Waals surface area contributed by atoms with Gasteiger partial charge in [-0.1, -0.05) is 0 Å². The average Bonchev–Trinajstić information content (AvgIpc) is 3.14. The van der Waals surface area contributed by atoms with Gasteiger partial charge in [0.05, 0.1) is 0 Å². The van der Waals surface area contributed by atoms with Gasteiger partial charge in [0.25, 0.3) is 0 Å². The van der Waals surface area contributed by atoms with E-state index < -0.39 is 23.2 Å². The van der Waals surface area contributed by atoms with E-state index in [9.17, 15) is 0 Å². The van der Waals surface area contributed by atoms with Crippen LogP contribution in [-0.4, -0.2) is 0 Å². The molecule has 0 amide bonds. The van der Waals surface area contributed by atoms with E-state index in [4.69, 9.17) is 0 Å². The van der Waals surface area contributed by atoms with E-state index in [0.717, 1.165) is 0 Å². The Kier molecular flexibility index (Phi) is 12.7. The molecular formula is C32H54Cl2Zr. The van der Waals surface area contributed by atoms with Crippen molar-refractivity contribution in [3.8, 4) is 0 Å². The summed E-state index contributed by atoms with van der Waals surface area (Å²) >= 11 is -0.868. The number of halogens is 2. The van der Waals surface area contributed by atoms with Crippen LogP contribution in [-0.2, 0) is 23.2 Å². The standard InChI is InChI=1S/2C16H27.2ClH.Zr/c2*1-8-16(9-2,15(5,6)7)14-11-10-12(3)13(14)4;;;/h2*8-10H2,1-7H3;2*1H;/q;;;;+2/p-2. The second kappa shape index (κ2) is 12.5. The molecule has 0 N–H and O–H groups in total. The molecule has 0 fully saturated rings. The third-order valence-electron chi connectivity index (χ3n) is 10.1. The van der Waals surface area contributed by atoms with Crippen LogP contribution in [0.15, 0.2) is 40.0 Å². The molecule has 2 rings (SSSR count). The normalized spacial score (nSPS) is 17.8. The molecule has 200 valence electrons. The Morgan fingerprint density at radius 2 is 0.800 bits per heavy atom. The van der Waals surface area contributed by atoms with Gasteiger partial charge in [-0.2, -0.15) is 0 Å². The van der Waals surface area contributed by atoms with Crippen LogP contribution < -0.4 is 24.8 Å². The van der Waals surface area contributed by atoms with Crippen molar-refractivity contribution in [3.05, 3.63) is 40.0 Å². The predicted molar refractivity (Wildman–Crippen MR) is 145 cm³/mol. The van der Waals surface area contributed by atoms with Gasteiger partial charge in [-0.15, -0.1) is 0 Å². The summed E-state index contributed by atoms with van der Waals surface area (Å²) in [6.45, 7) is 34.4. The molecule has 0 aromatic heterocycles. The van der Waals surface area contributed by atoms with E-state index in [1.807, 2.05) is 6.56 Å². The van der Waals surface area contributed by atoms with Gasteiger partial charge in [-0.3, -0.25) is 0 Å². The van der Waals surface area contributed by atoms with Gasteiger partial charge in [0.1, 0.15) is 0 Å². The molecule has 0 radical (unpaired) electrons. The van der Waals surface area contributed by atoms with E-state index in [1.54, 1.807) is 33.4 Å². The fourth-order valence-corrected chi connectivity index (χ4v) is 13.0. The van der Waals surface area contributed by atoms with Crippen molar-refractivity contribution < 1.29 is 48.0 Å². The van der Waals surface area contributed by atoms with Gasteiger partial charge in [-0.25, -0.2) is 0 Å². The fraction of sp³-hybridized carbons (Fsp3) is 0.750. The summed E-state index contributed by atoms with van der Waals surface area (Å²) in [6.07, 6.45) is 7.48. The van der Waals surface area contributed by atoms with Crippen molar-refractivity contribution in [2.45, 2.75) is 135 Å². The Labute approximate surface area is 243 Å². The third-order valence-corrected chi connectivity index (χ3v) is 13.6. The SMILES string of the molecule is CCC(CC)(C1=[C]([Zr+2][C]2=C(C(CC)(CC)C(C)(C)C)C(C)=C(C)C2)CC(C)=C1C)C(C)(C)C.[Cl-].[Cl-].